The summed E-state index contributed by atoms with van der Waals surface area (Å²) in [5, 5.41) is 3.40. The summed E-state index contributed by atoms with van der Waals surface area (Å²) in [4.78, 5) is 2.34. The highest BCUT2D eigenvalue weighted by molar-refractivity contribution is 5.26. The largest absolute Gasteiger partial charge is 0.309 e. The number of hydrogen-bond acceptors (Lipinski definition) is 2. The minimum atomic E-state index is -0.535. The predicted molar refractivity (Wildman–Crippen MR) is 84.4 cm³/mol. The summed E-state index contributed by atoms with van der Waals surface area (Å²) < 4.78 is 27.5. The molecule has 2 atom stereocenters. The Labute approximate surface area is 127 Å². The van der Waals surface area contributed by atoms with E-state index in [2.05, 4.69) is 37.9 Å². The van der Waals surface area contributed by atoms with Crippen LogP contribution in [-0.4, -0.2) is 30.1 Å². The maximum Gasteiger partial charge on any atom is 0.130 e. The summed E-state index contributed by atoms with van der Waals surface area (Å²) in [6, 6.07) is 3.70. The van der Waals surface area contributed by atoms with Crippen LogP contribution in [0.1, 0.15) is 52.6 Å². The molecular formula is C17H28F2N2. The molecule has 1 N–H and O–H groups in total. The van der Waals surface area contributed by atoms with Crippen LogP contribution in [-0.2, 0) is 0 Å². The molecule has 0 amide bonds. The van der Waals surface area contributed by atoms with Crippen molar-refractivity contribution in [3.8, 4) is 0 Å². The van der Waals surface area contributed by atoms with Crippen molar-refractivity contribution >= 4 is 0 Å². The standard InChI is InChI=1S/C17H28F2N2/c1-6-17(5,21(8-3)9-4)16(20-7-2)14-11-10-13(18)12-15(14)19/h10-12,16,20H,6-9H2,1-5H3. The molecule has 2 unspecified atom stereocenters. The zero-order valence-electron chi connectivity index (χ0n) is 13.8. The molecule has 0 fully saturated rings. The highest BCUT2D eigenvalue weighted by Gasteiger charge is 2.38. The predicted octanol–water partition coefficient (Wildman–Crippen LogP) is 4.13. The van der Waals surface area contributed by atoms with Crippen molar-refractivity contribution in [1.29, 1.82) is 0 Å². The maximum atomic E-state index is 14.3. The Balaban J connectivity index is 3.31. The third-order valence-corrected chi connectivity index (χ3v) is 4.51. The zero-order chi connectivity index (χ0) is 16.0. The Morgan fingerprint density at radius 3 is 2.19 bits per heavy atom. The first kappa shape index (κ1) is 18.1. The molecule has 1 aromatic carbocycles. The molecule has 4 heteroatoms. The van der Waals surface area contributed by atoms with Crippen LogP contribution in [0.4, 0.5) is 8.78 Å². The molecule has 0 saturated carbocycles. The molecule has 0 aliphatic carbocycles. The van der Waals surface area contributed by atoms with Gasteiger partial charge >= 0.3 is 0 Å². The van der Waals surface area contributed by atoms with Crippen molar-refractivity contribution in [3.05, 3.63) is 35.4 Å². The Hall–Kier alpha value is -1.00. The number of hydrogen-bond donors (Lipinski definition) is 1. The van der Waals surface area contributed by atoms with E-state index in [4.69, 9.17) is 0 Å². The van der Waals surface area contributed by atoms with Crippen LogP contribution < -0.4 is 5.32 Å². The molecule has 1 aromatic rings. The van der Waals surface area contributed by atoms with Crippen LogP contribution in [0.15, 0.2) is 18.2 Å². The molecule has 0 heterocycles. The number of rotatable bonds is 8. The van der Waals surface area contributed by atoms with E-state index < -0.39 is 11.6 Å². The molecule has 120 valence electrons. The van der Waals surface area contributed by atoms with Gasteiger partial charge in [0.25, 0.3) is 0 Å². The van der Waals surface area contributed by atoms with E-state index in [1.54, 1.807) is 6.07 Å². The fourth-order valence-electron chi connectivity index (χ4n) is 3.16. The first-order valence-electron chi connectivity index (χ1n) is 7.87. The van der Waals surface area contributed by atoms with E-state index >= 15 is 0 Å². The molecule has 0 saturated heterocycles. The van der Waals surface area contributed by atoms with Gasteiger partial charge in [-0.1, -0.05) is 33.8 Å². The fourth-order valence-corrected chi connectivity index (χ4v) is 3.16. The molecule has 0 aromatic heterocycles. The maximum absolute atomic E-state index is 14.3. The van der Waals surface area contributed by atoms with Crippen molar-refractivity contribution < 1.29 is 8.78 Å². The van der Waals surface area contributed by atoms with Gasteiger partial charge in [0, 0.05) is 17.2 Å². The quantitative estimate of drug-likeness (QED) is 0.776. The van der Waals surface area contributed by atoms with Crippen molar-refractivity contribution in [1.82, 2.24) is 10.2 Å². The number of nitrogens with one attached hydrogen (secondary N) is 1. The van der Waals surface area contributed by atoms with Gasteiger partial charge in [0.05, 0.1) is 6.04 Å². The average Bonchev–Trinajstić information content (AvgIpc) is 2.46. The van der Waals surface area contributed by atoms with Crippen molar-refractivity contribution in [3.63, 3.8) is 0 Å². The van der Waals surface area contributed by atoms with E-state index in [0.29, 0.717) is 5.56 Å². The third kappa shape index (κ3) is 3.80. The summed E-state index contributed by atoms with van der Waals surface area (Å²) in [6.45, 7) is 13.0. The van der Waals surface area contributed by atoms with Gasteiger partial charge in [0.2, 0.25) is 0 Å². The van der Waals surface area contributed by atoms with Crippen LogP contribution in [0.3, 0.4) is 0 Å². The fraction of sp³-hybridized carbons (Fsp3) is 0.647. The second-order valence-electron chi connectivity index (χ2n) is 5.54. The van der Waals surface area contributed by atoms with Gasteiger partial charge in [0.1, 0.15) is 11.6 Å². The van der Waals surface area contributed by atoms with Crippen LogP contribution in [0.25, 0.3) is 0 Å². The van der Waals surface area contributed by atoms with Crippen molar-refractivity contribution in [2.45, 2.75) is 52.6 Å². The smallest absolute Gasteiger partial charge is 0.130 e. The van der Waals surface area contributed by atoms with Gasteiger partial charge in [-0.05, 0) is 39.0 Å². The molecule has 0 spiro atoms. The van der Waals surface area contributed by atoms with Crippen molar-refractivity contribution in [2.75, 3.05) is 19.6 Å². The summed E-state index contributed by atoms with van der Waals surface area (Å²) in [5.41, 5.74) is 0.313. The van der Waals surface area contributed by atoms with Gasteiger partial charge in [-0.15, -0.1) is 0 Å². The van der Waals surface area contributed by atoms with E-state index in [1.807, 2.05) is 6.92 Å². The van der Waals surface area contributed by atoms with Gasteiger partial charge in [-0.25, -0.2) is 8.78 Å². The molecule has 21 heavy (non-hydrogen) atoms. The number of nitrogens with zero attached hydrogens (tertiary/aromatic N) is 1. The number of benzene rings is 1. The van der Waals surface area contributed by atoms with E-state index in [0.717, 1.165) is 32.1 Å². The molecule has 0 radical (unpaired) electrons. The molecule has 1 rings (SSSR count). The topological polar surface area (TPSA) is 15.3 Å². The lowest BCUT2D eigenvalue weighted by atomic mass is 9.82. The van der Waals surface area contributed by atoms with Crippen LogP contribution >= 0.6 is 0 Å². The average molecular weight is 298 g/mol. The SMILES string of the molecule is CCNC(c1ccc(F)cc1F)C(C)(CC)N(CC)CC. The van der Waals surface area contributed by atoms with E-state index in [1.165, 1.54) is 6.07 Å². The van der Waals surface area contributed by atoms with E-state index in [-0.39, 0.29) is 11.6 Å². The third-order valence-electron chi connectivity index (χ3n) is 4.51. The molecule has 0 aliphatic rings. The number of halogens is 2. The Kier molecular flexibility index (Phi) is 6.75. The molecule has 0 bridgehead atoms. The van der Waals surface area contributed by atoms with Crippen molar-refractivity contribution in [2.24, 2.45) is 0 Å². The lowest BCUT2D eigenvalue weighted by molar-refractivity contribution is 0.0690. The monoisotopic (exact) mass is 298 g/mol. The second kappa shape index (κ2) is 7.85. The minimum absolute atomic E-state index is 0.173. The first-order chi connectivity index (χ1) is 9.94. The second-order valence-corrected chi connectivity index (χ2v) is 5.54. The summed E-state index contributed by atoms with van der Waals surface area (Å²) in [6.07, 6.45) is 0.878. The molecule has 0 aliphatic heterocycles. The summed E-state index contributed by atoms with van der Waals surface area (Å²) >= 11 is 0. The lowest BCUT2D eigenvalue weighted by Gasteiger charge is -2.46. The zero-order valence-corrected chi connectivity index (χ0v) is 13.8. The van der Waals surface area contributed by atoms with Crippen LogP contribution in [0.5, 0.6) is 0 Å². The molecular weight excluding hydrogens is 270 g/mol. The van der Waals surface area contributed by atoms with Gasteiger partial charge < -0.3 is 5.32 Å². The lowest BCUT2D eigenvalue weighted by Crippen LogP contribution is -2.54. The first-order valence-corrected chi connectivity index (χ1v) is 7.87. The Morgan fingerprint density at radius 2 is 1.76 bits per heavy atom. The van der Waals surface area contributed by atoms with Crippen LogP contribution in [0.2, 0.25) is 0 Å². The van der Waals surface area contributed by atoms with Gasteiger partial charge in [0.15, 0.2) is 0 Å². The van der Waals surface area contributed by atoms with Gasteiger partial charge in [-0.3, -0.25) is 4.90 Å². The summed E-state index contributed by atoms with van der Waals surface area (Å²) in [7, 11) is 0. The normalized spacial score (nSPS) is 16.0. The summed E-state index contributed by atoms with van der Waals surface area (Å²) in [5.74, 6) is -1.01. The Bertz CT molecular complexity index is 446. The minimum Gasteiger partial charge on any atom is -0.309 e. The highest BCUT2D eigenvalue weighted by Crippen LogP contribution is 2.35. The molecule has 2 nitrogen and oxygen atoms in total. The van der Waals surface area contributed by atoms with E-state index in [9.17, 15) is 8.78 Å². The van der Waals surface area contributed by atoms with Crippen LogP contribution in [0, 0.1) is 11.6 Å². The highest BCUT2D eigenvalue weighted by atomic mass is 19.1. The Morgan fingerprint density at radius 1 is 1.14 bits per heavy atom. The number of likely N-dealkylation sites (N-methyl/N-ethyl adjacent to an activating group) is 2. The van der Waals surface area contributed by atoms with Gasteiger partial charge in [-0.2, -0.15) is 0 Å².